The first kappa shape index (κ1) is 23.7. The summed E-state index contributed by atoms with van der Waals surface area (Å²) in [6, 6.07) is 18.3. The van der Waals surface area contributed by atoms with E-state index in [0.29, 0.717) is 22.6 Å². The molecule has 3 aromatic rings. The Balaban J connectivity index is 1.60. The normalized spacial score (nSPS) is 11.3. The van der Waals surface area contributed by atoms with Crippen LogP contribution in [0.3, 0.4) is 0 Å². The number of sulfonamides is 2. The number of benzene rings is 3. The molecule has 13 heteroatoms. The molecule has 3 aromatic carbocycles. The molecule has 0 saturated heterocycles. The standard InChI is InChI=1S/C20H18N6O5S2/c21-13-14-2-1-3-17(12-14)24-20(27)23-15-4-10-19(11-5-15)33(30,31)26-25-16-6-8-18(9-7-16)32(22,28)29/h1-12,25-26H,(H2,22,28,29)(H2,23,24,27). The van der Waals surface area contributed by atoms with Crippen molar-refractivity contribution in [2.24, 2.45) is 5.14 Å². The molecule has 3 rings (SSSR count). The first-order chi connectivity index (χ1) is 15.6. The highest BCUT2D eigenvalue weighted by Gasteiger charge is 2.14. The Morgan fingerprint density at radius 1 is 0.788 bits per heavy atom. The number of nitrogens with zero attached hydrogens (tertiary/aromatic N) is 1. The molecule has 0 aliphatic carbocycles. The summed E-state index contributed by atoms with van der Waals surface area (Å²) in [6.45, 7) is 0. The van der Waals surface area contributed by atoms with E-state index < -0.39 is 26.1 Å². The zero-order valence-corrected chi connectivity index (χ0v) is 18.4. The molecule has 0 spiro atoms. The number of nitrogens with one attached hydrogen (secondary N) is 4. The van der Waals surface area contributed by atoms with E-state index in [1.165, 1.54) is 54.6 Å². The van der Waals surface area contributed by atoms with E-state index in [1.807, 2.05) is 6.07 Å². The van der Waals surface area contributed by atoms with Crippen molar-refractivity contribution in [2.75, 3.05) is 16.1 Å². The molecule has 6 N–H and O–H groups in total. The van der Waals surface area contributed by atoms with Gasteiger partial charge < -0.3 is 16.1 Å². The molecule has 2 amide bonds. The van der Waals surface area contributed by atoms with E-state index in [4.69, 9.17) is 10.4 Å². The molecular formula is C20H18N6O5S2. The second kappa shape index (κ2) is 9.67. The number of carbonyl (C=O) groups excluding carboxylic acids is 1. The number of amides is 2. The third-order valence-electron chi connectivity index (χ3n) is 4.18. The fourth-order valence-electron chi connectivity index (χ4n) is 2.59. The van der Waals surface area contributed by atoms with Gasteiger partial charge in [-0.15, -0.1) is 4.83 Å². The lowest BCUT2D eigenvalue weighted by Gasteiger charge is -2.11. The Morgan fingerprint density at radius 2 is 1.36 bits per heavy atom. The van der Waals surface area contributed by atoms with E-state index in [-0.39, 0.29) is 9.79 Å². The van der Waals surface area contributed by atoms with Crippen LogP contribution in [0.15, 0.2) is 82.6 Å². The van der Waals surface area contributed by atoms with Crippen LogP contribution in [0.5, 0.6) is 0 Å². The van der Waals surface area contributed by atoms with Gasteiger partial charge >= 0.3 is 6.03 Å². The molecule has 0 aliphatic rings. The number of nitrogens with two attached hydrogens (primary N) is 1. The van der Waals surface area contributed by atoms with E-state index in [9.17, 15) is 21.6 Å². The van der Waals surface area contributed by atoms with Crippen molar-refractivity contribution in [1.29, 1.82) is 5.26 Å². The summed E-state index contributed by atoms with van der Waals surface area (Å²) in [5, 5.41) is 19.1. The molecule has 0 radical (unpaired) electrons. The lowest BCUT2D eigenvalue weighted by atomic mass is 10.2. The second-order valence-corrected chi connectivity index (χ2v) is 9.84. The average Bonchev–Trinajstić information content (AvgIpc) is 2.78. The zero-order valence-electron chi connectivity index (χ0n) is 16.8. The number of urea groups is 1. The number of primary sulfonamides is 1. The predicted octanol–water partition coefficient (Wildman–Crippen LogP) is 2.16. The summed E-state index contributed by atoms with van der Waals surface area (Å²) in [7, 11) is -7.81. The van der Waals surface area contributed by atoms with Gasteiger partial charge in [0.15, 0.2) is 0 Å². The van der Waals surface area contributed by atoms with Crippen molar-refractivity contribution < 1.29 is 21.6 Å². The maximum Gasteiger partial charge on any atom is 0.323 e. The van der Waals surface area contributed by atoms with Crippen molar-refractivity contribution in [2.45, 2.75) is 9.79 Å². The Labute approximate surface area is 190 Å². The molecule has 0 atom stereocenters. The van der Waals surface area contributed by atoms with E-state index in [2.05, 4.69) is 20.9 Å². The Bertz CT molecular complexity index is 1420. The zero-order chi connectivity index (χ0) is 24.1. The van der Waals surface area contributed by atoms with Crippen LogP contribution in [-0.2, 0) is 20.0 Å². The van der Waals surface area contributed by atoms with Gasteiger partial charge in [0.25, 0.3) is 10.0 Å². The van der Waals surface area contributed by atoms with Gasteiger partial charge in [0.05, 0.1) is 21.4 Å². The summed E-state index contributed by atoms with van der Waals surface area (Å²) >= 11 is 0. The minimum atomic E-state index is -3.96. The molecular weight excluding hydrogens is 468 g/mol. The lowest BCUT2D eigenvalue weighted by Crippen LogP contribution is -2.29. The van der Waals surface area contributed by atoms with E-state index in [0.717, 1.165) is 0 Å². The van der Waals surface area contributed by atoms with Gasteiger partial charge in [-0.1, -0.05) is 6.07 Å². The molecule has 33 heavy (non-hydrogen) atoms. The second-order valence-electron chi connectivity index (χ2n) is 6.60. The van der Waals surface area contributed by atoms with Crippen molar-refractivity contribution in [3.63, 3.8) is 0 Å². The number of hydrogen-bond donors (Lipinski definition) is 5. The van der Waals surface area contributed by atoms with E-state index >= 15 is 0 Å². The molecule has 0 fully saturated rings. The predicted molar refractivity (Wildman–Crippen MR) is 122 cm³/mol. The summed E-state index contributed by atoms with van der Waals surface area (Å²) in [6.07, 6.45) is 0. The van der Waals surface area contributed by atoms with Crippen molar-refractivity contribution >= 4 is 43.1 Å². The minimum Gasteiger partial charge on any atom is -0.308 e. The first-order valence-corrected chi connectivity index (χ1v) is 12.2. The minimum absolute atomic E-state index is 0.0798. The molecule has 11 nitrogen and oxygen atoms in total. The van der Waals surface area contributed by atoms with Crippen LogP contribution in [0, 0.1) is 11.3 Å². The van der Waals surface area contributed by atoms with Crippen LogP contribution >= 0.6 is 0 Å². The highest BCUT2D eigenvalue weighted by Crippen LogP contribution is 2.16. The van der Waals surface area contributed by atoms with Gasteiger partial charge in [0.1, 0.15) is 0 Å². The highest BCUT2D eigenvalue weighted by molar-refractivity contribution is 7.89. The smallest absolute Gasteiger partial charge is 0.308 e. The fraction of sp³-hybridized carbons (Fsp3) is 0. The summed E-state index contributed by atoms with van der Waals surface area (Å²) in [5.74, 6) is 0. The van der Waals surface area contributed by atoms with Gasteiger partial charge in [-0.2, -0.15) is 5.26 Å². The van der Waals surface area contributed by atoms with Crippen LogP contribution in [0.25, 0.3) is 0 Å². The summed E-state index contributed by atoms with van der Waals surface area (Å²) in [5.41, 5.74) is 3.93. The first-order valence-electron chi connectivity index (χ1n) is 9.16. The number of rotatable bonds is 7. The Hall–Kier alpha value is -3.96. The molecule has 0 heterocycles. The van der Waals surface area contributed by atoms with Crippen LogP contribution in [0.4, 0.5) is 21.9 Å². The maximum absolute atomic E-state index is 12.5. The van der Waals surface area contributed by atoms with Gasteiger partial charge in [0, 0.05) is 17.1 Å². The monoisotopic (exact) mass is 486 g/mol. The summed E-state index contributed by atoms with van der Waals surface area (Å²) in [4.78, 5) is 14.1. The quantitative estimate of drug-likeness (QED) is 0.317. The maximum atomic E-state index is 12.5. The fourth-order valence-corrected chi connectivity index (χ4v) is 3.97. The number of hydrogen-bond acceptors (Lipinski definition) is 7. The number of nitriles is 1. The topological polar surface area (TPSA) is 183 Å². The molecule has 170 valence electrons. The van der Waals surface area contributed by atoms with Gasteiger partial charge in [0.2, 0.25) is 10.0 Å². The van der Waals surface area contributed by atoms with Gasteiger partial charge in [-0.05, 0) is 66.7 Å². The van der Waals surface area contributed by atoms with Gasteiger partial charge in [-0.3, -0.25) is 0 Å². The van der Waals surface area contributed by atoms with Gasteiger partial charge in [-0.25, -0.2) is 26.8 Å². The lowest BCUT2D eigenvalue weighted by molar-refractivity contribution is 0.262. The van der Waals surface area contributed by atoms with Crippen LogP contribution in [0.2, 0.25) is 0 Å². The van der Waals surface area contributed by atoms with E-state index in [1.54, 1.807) is 18.2 Å². The molecule has 0 aliphatic heterocycles. The third-order valence-corrected chi connectivity index (χ3v) is 6.38. The molecule has 0 bridgehead atoms. The van der Waals surface area contributed by atoms with Crippen LogP contribution < -0.4 is 26.0 Å². The number of anilines is 3. The number of hydrazine groups is 1. The Morgan fingerprint density at radius 3 is 1.97 bits per heavy atom. The van der Waals surface area contributed by atoms with Crippen LogP contribution in [0.1, 0.15) is 5.56 Å². The third kappa shape index (κ3) is 6.51. The van der Waals surface area contributed by atoms with Crippen LogP contribution in [-0.4, -0.2) is 22.9 Å². The SMILES string of the molecule is N#Cc1cccc(NC(=O)Nc2ccc(S(=O)(=O)NNc3ccc(S(N)(=O)=O)cc3)cc2)c1. The Kier molecular flexibility index (Phi) is 6.95. The number of carbonyl (C=O) groups is 1. The van der Waals surface area contributed by atoms with Crippen molar-refractivity contribution in [3.05, 3.63) is 78.4 Å². The average molecular weight is 487 g/mol. The molecule has 0 unspecified atom stereocenters. The highest BCUT2D eigenvalue weighted by atomic mass is 32.2. The van der Waals surface area contributed by atoms with Crippen molar-refractivity contribution in [1.82, 2.24) is 4.83 Å². The largest absolute Gasteiger partial charge is 0.323 e. The van der Waals surface area contributed by atoms with Crippen molar-refractivity contribution in [3.8, 4) is 6.07 Å². The molecule has 0 aromatic heterocycles. The molecule has 0 saturated carbocycles. The summed E-state index contributed by atoms with van der Waals surface area (Å²) < 4.78 is 47.4.